The van der Waals surface area contributed by atoms with E-state index in [0.29, 0.717) is 44.8 Å². The van der Waals surface area contributed by atoms with Gasteiger partial charge in [0.1, 0.15) is 12.1 Å². The van der Waals surface area contributed by atoms with Crippen LogP contribution in [0.1, 0.15) is 11.4 Å². The third-order valence-electron chi connectivity index (χ3n) is 8.21. The predicted molar refractivity (Wildman–Crippen MR) is 190 cm³/mol. The molecule has 240 valence electrons. The van der Waals surface area contributed by atoms with Crippen molar-refractivity contribution in [3.63, 3.8) is 0 Å². The standard InChI is InChI=1S/C36H28ClN11O/c1-19-14-25(15-20(2)42-19)29-30(21-8-5-4-6-9-21)43-36(39)48-34(29)45-32(46-48)24-11-7-10-23(16-24)31-28(22-12-13-27(49-3)26(37)17-22)33-40-18-41-47(33)35(38)44-31/h4-18H,1-3H3,(H2,38,44)(H2,39,43). The zero-order valence-electron chi connectivity index (χ0n) is 26.6. The highest BCUT2D eigenvalue weighted by molar-refractivity contribution is 6.32. The van der Waals surface area contributed by atoms with Gasteiger partial charge in [0.05, 0.1) is 34.6 Å². The highest BCUT2D eigenvalue weighted by Gasteiger charge is 2.23. The lowest BCUT2D eigenvalue weighted by Gasteiger charge is -2.13. The van der Waals surface area contributed by atoms with Gasteiger partial charge in [-0.05, 0) is 55.3 Å². The Balaban J connectivity index is 1.34. The molecule has 12 nitrogen and oxygen atoms in total. The van der Waals surface area contributed by atoms with Crippen LogP contribution in [0, 0.1) is 13.8 Å². The fourth-order valence-electron chi connectivity index (χ4n) is 6.13. The minimum atomic E-state index is 0.182. The Morgan fingerprint density at radius 2 is 1.31 bits per heavy atom. The quantitative estimate of drug-likeness (QED) is 0.195. The molecule has 0 aliphatic rings. The number of nitrogens with two attached hydrogens (primary N) is 2. The van der Waals surface area contributed by atoms with E-state index in [1.807, 2.05) is 92.7 Å². The minimum absolute atomic E-state index is 0.182. The van der Waals surface area contributed by atoms with E-state index in [1.54, 1.807) is 17.7 Å². The maximum Gasteiger partial charge on any atom is 0.223 e. The van der Waals surface area contributed by atoms with Gasteiger partial charge in [0.2, 0.25) is 11.9 Å². The SMILES string of the molecule is COc1ccc(-c2c(-c3cccc(-c4nc5c(-c6cc(C)nc(C)c6)c(-c6ccccc6)nc(N)n5n4)c3)nc(N)n3ncnc23)cc1Cl. The molecule has 13 heteroatoms. The van der Waals surface area contributed by atoms with E-state index >= 15 is 0 Å². The summed E-state index contributed by atoms with van der Waals surface area (Å²) in [7, 11) is 1.57. The van der Waals surface area contributed by atoms with Crippen LogP contribution in [0.5, 0.6) is 5.75 Å². The minimum Gasteiger partial charge on any atom is -0.495 e. The number of fused-ring (bicyclic) bond motifs is 2. The second kappa shape index (κ2) is 11.7. The number of nitrogen functional groups attached to an aromatic ring is 2. The molecule has 0 atom stereocenters. The van der Waals surface area contributed by atoms with Crippen molar-refractivity contribution in [3.8, 4) is 61.9 Å². The van der Waals surface area contributed by atoms with E-state index in [4.69, 9.17) is 47.9 Å². The number of rotatable bonds is 6. The number of ether oxygens (including phenoxy) is 1. The first-order valence-electron chi connectivity index (χ1n) is 15.3. The van der Waals surface area contributed by atoms with Gasteiger partial charge in [0, 0.05) is 28.1 Å². The molecular weight excluding hydrogens is 638 g/mol. The zero-order chi connectivity index (χ0) is 33.8. The maximum absolute atomic E-state index is 6.57. The molecule has 8 rings (SSSR count). The summed E-state index contributed by atoms with van der Waals surface area (Å²) in [6.07, 6.45) is 1.44. The molecule has 0 fully saturated rings. The van der Waals surface area contributed by atoms with E-state index in [1.165, 1.54) is 10.8 Å². The van der Waals surface area contributed by atoms with Crippen molar-refractivity contribution in [2.24, 2.45) is 0 Å². The Bertz CT molecular complexity index is 2540. The smallest absolute Gasteiger partial charge is 0.223 e. The molecular formula is C36H28ClN11O. The van der Waals surface area contributed by atoms with Crippen LogP contribution >= 0.6 is 11.6 Å². The highest BCUT2D eigenvalue weighted by Crippen LogP contribution is 2.40. The van der Waals surface area contributed by atoms with Gasteiger partial charge in [-0.3, -0.25) is 4.98 Å². The van der Waals surface area contributed by atoms with Crippen LogP contribution in [0.3, 0.4) is 0 Å². The fraction of sp³-hybridized carbons (Fsp3) is 0.0833. The van der Waals surface area contributed by atoms with Crippen molar-refractivity contribution in [2.45, 2.75) is 13.8 Å². The molecule has 0 spiro atoms. The largest absolute Gasteiger partial charge is 0.495 e. The van der Waals surface area contributed by atoms with Crippen LogP contribution < -0.4 is 16.2 Å². The number of aromatic nitrogens is 9. The first-order valence-corrected chi connectivity index (χ1v) is 15.7. The molecule has 8 aromatic rings. The molecule has 0 bridgehead atoms. The van der Waals surface area contributed by atoms with Gasteiger partial charge in [0.25, 0.3) is 0 Å². The molecule has 0 amide bonds. The third-order valence-corrected chi connectivity index (χ3v) is 8.51. The summed E-state index contributed by atoms with van der Waals surface area (Å²) >= 11 is 6.56. The number of hydrogen-bond acceptors (Lipinski definition) is 10. The molecule has 5 heterocycles. The maximum atomic E-state index is 6.57. The van der Waals surface area contributed by atoms with Crippen molar-refractivity contribution < 1.29 is 4.74 Å². The molecule has 0 aliphatic heterocycles. The molecule has 0 saturated heterocycles. The van der Waals surface area contributed by atoms with Gasteiger partial charge in [-0.2, -0.15) is 14.1 Å². The second-order valence-corrected chi connectivity index (χ2v) is 11.9. The third kappa shape index (κ3) is 5.15. The second-order valence-electron chi connectivity index (χ2n) is 11.5. The lowest BCUT2D eigenvalue weighted by Crippen LogP contribution is -2.06. The van der Waals surface area contributed by atoms with Gasteiger partial charge < -0.3 is 16.2 Å². The first-order chi connectivity index (χ1) is 23.8. The normalized spacial score (nSPS) is 11.4. The first kappa shape index (κ1) is 30.0. The van der Waals surface area contributed by atoms with E-state index in [0.717, 1.165) is 44.8 Å². The number of methoxy groups -OCH3 is 1. The topological polar surface area (TPSA) is 160 Å². The number of anilines is 2. The zero-order valence-corrected chi connectivity index (χ0v) is 27.4. The Morgan fingerprint density at radius 3 is 2.04 bits per heavy atom. The van der Waals surface area contributed by atoms with Crippen molar-refractivity contribution in [2.75, 3.05) is 18.6 Å². The van der Waals surface area contributed by atoms with Crippen molar-refractivity contribution >= 4 is 34.8 Å². The van der Waals surface area contributed by atoms with Gasteiger partial charge in [-0.15, -0.1) is 5.10 Å². The molecule has 0 unspecified atom stereocenters. The molecule has 5 aromatic heterocycles. The van der Waals surface area contributed by atoms with Gasteiger partial charge in [-0.1, -0.05) is 66.2 Å². The van der Waals surface area contributed by atoms with Crippen molar-refractivity contribution in [3.05, 3.63) is 108 Å². The predicted octanol–water partition coefficient (Wildman–Crippen LogP) is 6.74. The van der Waals surface area contributed by atoms with Crippen LogP contribution in [0.25, 0.3) is 67.5 Å². The van der Waals surface area contributed by atoms with Crippen LogP contribution in [-0.2, 0) is 0 Å². The number of benzene rings is 3. The van der Waals surface area contributed by atoms with Crippen LogP contribution in [0.2, 0.25) is 5.02 Å². The Morgan fingerprint density at radius 1 is 0.633 bits per heavy atom. The Labute approximate surface area is 285 Å². The van der Waals surface area contributed by atoms with Crippen LogP contribution in [0.4, 0.5) is 11.9 Å². The van der Waals surface area contributed by atoms with E-state index < -0.39 is 0 Å². The molecule has 4 N–H and O–H groups in total. The van der Waals surface area contributed by atoms with Crippen molar-refractivity contribution in [1.82, 2.24) is 44.1 Å². The number of nitrogens with zero attached hydrogens (tertiary/aromatic N) is 9. The van der Waals surface area contributed by atoms with E-state index in [9.17, 15) is 0 Å². The number of pyridine rings is 1. The lowest BCUT2D eigenvalue weighted by molar-refractivity contribution is 0.415. The highest BCUT2D eigenvalue weighted by atomic mass is 35.5. The number of hydrogen-bond donors (Lipinski definition) is 2. The van der Waals surface area contributed by atoms with Crippen LogP contribution in [0.15, 0.2) is 91.3 Å². The summed E-state index contributed by atoms with van der Waals surface area (Å²) in [5, 5.41) is 9.58. The van der Waals surface area contributed by atoms with Crippen molar-refractivity contribution in [1.29, 1.82) is 0 Å². The number of aryl methyl sites for hydroxylation is 2. The summed E-state index contributed by atoms with van der Waals surface area (Å²) in [6, 6.07) is 27.2. The Hall–Kier alpha value is -6.40. The molecule has 0 aliphatic carbocycles. The average Bonchev–Trinajstić information content (AvgIpc) is 3.78. The van der Waals surface area contributed by atoms with Gasteiger partial charge in [0.15, 0.2) is 17.1 Å². The molecule has 49 heavy (non-hydrogen) atoms. The monoisotopic (exact) mass is 665 g/mol. The average molecular weight is 666 g/mol. The van der Waals surface area contributed by atoms with Gasteiger partial charge >= 0.3 is 0 Å². The molecule has 0 radical (unpaired) electrons. The summed E-state index contributed by atoms with van der Waals surface area (Å²) in [6.45, 7) is 3.93. The van der Waals surface area contributed by atoms with E-state index in [2.05, 4.69) is 15.1 Å². The molecule has 0 saturated carbocycles. The van der Waals surface area contributed by atoms with Gasteiger partial charge in [-0.25, -0.2) is 19.9 Å². The number of halogens is 1. The summed E-state index contributed by atoms with van der Waals surface area (Å²) in [5.41, 5.74) is 22.7. The fourth-order valence-corrected chi connectivity index (χ4v) is 6.39. The van der Waals surface area contributed by atoms with E-state index in [-0.39, 0.29) is 11.9 Å². The summed E-state index contributed by atoms with van der Waals surface area (Å²) in [4.78, 5) is 23.8. The summed E-state index contributed by atoms with van der Waals surface area (Å²) in [5.74, 6) is 1.39. The lowest BCUT2D eigenvalue weighted by atomic mass is 9.98. The Kier molecular flexibility index (Phi) is 7.15. The van der Waals surface area contributed by atoms with Crippen LogP contribution in [-0.4, -0.2) is 51.3 Å². The summed E-state index contributed by atoms with van der Waals surface area (Å²) < 4.78 is 8.46. The molecule has 3 aromatic carbocycles.